The van der Waals surface area contributed by atoms with Crippen LogP contribution in [-0.2, 0) is 4.57 Å². The van der Waals surface area contributed by atoms with E-state index in [1.807, 2.05) is 0 Å². The summed E-state index contributed by atoms with van der Waals surface area (Å²) < 4.78 is 10.3. The predicted molar refractivity (Wildman–Crippen MR) is 46.7 cm³/mol. The summed E-state index contributed by atoms with van der Waals surface area (Å²) in [5, 5.41) is -0.157. The van der Waals surface area contributed by atoms with Crippen molar-refractivity contribution >= 4 is 50.6 Å². The molecule has 1 aromatic carbocycles. The largest absolute Gasteiger partial charge is 2.00 e. The Balaban J connectivity index is -0.000000333. The molecule has 0 fully saturated rings. The molecule has 0 radical (unpaired) electrons. The van der Waals surface area contributed by atoms with Gasteiger partial charge in [-0.1, -0.05) is 30.3 Å². The first-order valence-corrected chi connectivity index (χ1v) is 4.22. The van der Waals surface area contributed by atoms with Gasteiger partial charge < -0.3 is 25.3 Å². The standard InChI is InChI=1S/C6H7O3P.Ca.2H2O/c7-10(8,9)6-4-2-1-3-5-6;;;/h1-5H,(H2,7,8,9);;2*1H2/q;+2;;/p-2. The average molecular weight is 232 g/mol. The molecular weight excluding hydrogens is 223 g/mol. The molecule has 1 rings (SSSR count). The van der Waals surface area contributed by atoms with Gasteiger partial charge >= 0.3 is 37.7 Å². The third-order valence-corrected chi connectivity index (χ3v) is 2.00. The van der Waals surface area contributed by atoms with Crippen molar-refractivity contribution in [1.29, 1.82) is 0 Å². The molecule has 0 bridgehead atoms. The Morgan fingerprint density at radius 1 is 1.00 bits per heavy atom. The smallest absolute Gasteiger partial charge is 0.807 e. The van der Waals surface area contributed by atoms with Gasteiger partial charge in [-0.15, -0.1) is 0 Å². The first-order chi connectivity index (χ1) is 4.61. The third kappa shape index (κ3) is 6.60. The number of rotatable bonds is 1. The summed E-state index contributed by atoms with van der Waals surface area (Å²) in [6, 6.07) is 7.23. The van der Waals surface area contributed by atoms with Crippen molar-refractivity contribution in [3.05, 3.63) is 30.3 Å². The van der Waals surface area contributed by atoms with Crippen molar-refractivity contribution in [3.8, 4) is 0 Å². The van der Waals surface area contributed by atoms with Gasteiger partial charge in [0.25, 0.3) is 0 Å². The molecule has 0 unspecified atom stereocenters. The van der Waals surface area contributed by atoms with Gasteiger partial charge in [-0.25, -0.2) is 0 Å². The molecule has 0 amide bonds. The van der Waals surface area contributed by atoms with E-state index in [0.717, 1.165) is 0 Å². The van der Waals surface area contributed by atoms with Gasteiger partial charge in [0.2, 0.25) is 0 Å². The minimum absolute atomic E-state index is 0. The number of hydrogen-bond donors (Lipinski definition) is 0. The van der Waals surface area contributed by atoms with Gasteiger partial charge in [0.15, 0.2) is 0 Å². The fourth-order valence-electron chi connectivity index (χ4n) is 0.611. The first kappa shape index (κ1) is 19.2. The molecule has 5 nitrogen and oxygen atoms in total. The van der Waals surface area contributed by atoms with Crippen LogP contribution in [0.15, 0.2) is 30.3 Å². The Morgan fingerprint density at radius 2 is 1.38 bits per heavy atom. The van der Waals surface area contributed by atoms with E-state index < -0.39 is 7.60 Å². The van der Waals surface area contributed by atoms with Crippen LogP contribution in [-0.4, -0.2) is 48.7 Å². The summed E-state index contributed by atoms with van der Waals surface area (Å²) in [5.41, 5.74) is 0. The van der Waals surface area contributed by atoms with Crippen LogP contribution in [0.5, 0.6) is 0 Å². The van der Waals surface area contributed by atoms with Gasteiger partial charge in [-0.2, -0.15) is 0 Å². The Labute approximate surface area is 106 Å². The first-order valence-electron chi connectivity index (χ1n) is 2.68. The molecule has 0 aliphatic carbocycles. The average Bonchev–Trinajstić information content (AvgIpc) is 1.88. The van der Waals surface area contributed by atoms with E-state index in [0.29, 0.717) is 0 Å². The zero-order valence-electron chi connectivity index (χ0n) is 6.77. The van der Waals surface area contributed by atoms with Crippen molar-refractivity contribution in [1.82, 2.24) is 0 Å². The van der Waals surface area contributed by atoms with Crippen LogP contribution >= 0.6 is 7.60 Å². The number of benzene rings is 1. The molecule has 0 aromatic heterocycles. The Morgan fingerprint density at radius 3 is 1.62 bits per heavy atom. The summed E-state index contributed by atoms with van der Waals surface area (Å²) in [5.74, 6) is 0. The van der Waals surface area contributed by atoms with Crippen molar-refractivity contribution in [2.75, 3.05) is 0 Å². The molecule has 13 heavy (non-hydrogen) atoms. The van der Waals surface area contributed by atoms with Crippen LogP contribution in [0.25, 0.3) is 0 Å². The van der Waals surface area contributed by atoms with E-state index in [-0.39, 0.29) is 54.0 Å². The van der Waals surface area contributed by atoms with Crippen molar-refractivity contribution in [3.63, 3.8) is 0 Å². The molecule has 0 saturated heterocycles. The van der Waals surface area contributed by atoms with E-state index in [1.165, 1.54) is 24.3 Å². The second-order valence-electron chi connectivity index (χ2n) is 1.83. The van der Waals surface area contributed by atoms with E-state index in [4.69, 9.17) is 0 Å². The minimum atomic E-state index is -4.52. The molecule has 0 heterocycles. The van der Waals surface area contributed by atoms with Crippen LogP contribution in [0, 0.1) is 0 Å². The summed E-state index contributed by atoms with van der Waals surface area (Å²) in [4.78, 5) is 20.6. The van der Waals surface area contributed by atoms with Crippen LogP contribution in [0.3, 0.4) is 0 Å². The Bertz CT molecular complexity index is 259. The maximum Gasteiger partial charge on any atom is 2.00 e. The normalized spacial score (nSPS) is 8.77. The topological polar surface area (TPSA) is 126 Å². The van der Waals surface area contributed by atoms with Crippen molar-refractivity contribution in [2.24, 2.45) is 0 Å². The molecule has 0 spiro atoms. The van der Waals surface area contributed by atoms with Crippen LogP contribution in [0.2, 0.25) is 0 Å². The summed E-state index contributed by atoms with van der Waals surface area (Å²) in [6.45, 7) is 0. The van der Waals surface area contributed by atoms with Gasteiger partial charge in [0, 0.05) is 0 Å². The molecular formula is C6H9CaO5P. The maximum atomic E-state index is 10.3. The monoisotopic (exact) mass is 232 g/mol. The minimum Gasteiger partial charge on any atom is -0.807 e. The second-order valence-corrected chi connectivity index (χ2v) is 3.34. The van der Waals surface area contributed by atoms with Crippen molar-refractivity contribution in [2.45, 2.75) is 0 Å². The van der Waals surface area contributed by atoms with Gasteiger partial charge in [0.1, 0.15) is 0 Å². The predicted octanol–water partition coefficient (Wildman–Crippen LogP) is -2.80. The zero-order chi connectivity index (χ0) is 7.61. The van der Waals surface area contributed by atoms with Crippen LogP contribution < -0.4 is 15.1 Å². The van der Waals surface area contributed by atoms with Crippen LogP contribution in [0.4, 0.5) is 0 Å². The molecule has 7 heteroatoms. The van der Waals surface area contributed by atoms with E-state index in [9.17, 15) is 14.4 Å². The zero-order valence-corrected chi connectivity index (χ0v) is 9.87. The maximum absolute atomic E-state index is 10.3. The number of hydrogen-bond acceptors (Lipinski definition) is 3. The van der Waals surface area contributed by atoms with E-state index in [2.05, 4.69) is 0 Å². The fourth-order valence-corrected chi connectivity index (χ4v) is 1.15. The molecule has 0 saturated carbocycles. The third-order valence-electron chi connectivity index (χ3n) is 1.07. The summed E-state index contributed by atoms with van der Waals surface area (Å²) in [7, 11) is -4.52. The Hall–Kier alpha value is 0.550. The quantitative estimate of drug-likeness (QED) is 0.383. The molecule has 1 aromatic rings. The van der Waals surface area contributed by atoms with Crippen molar-refractivity contribution < 1.29 is 25.3 Å². The molecule has 0 atom stereocenters. The Kier molecular flexibility index (Phi) is 11.7. The molecule has 70 valence electrons. The van der Waals surface area contributed by atoms with E-state index >= 15 is 0 Å². The van der Waals surface area contributed by atoms with E-state index in [1.54, 1.807) is 6.07 Å². The fraction of sp³-hybridized carbons (Fsp3) is 0. The molecule has 0 aliphatic heterocycles. The SMILES string of the molecule is O.O.O=P([O-])([O-])c1ccccc1.[Ca+2]. The van der Waals surface area contributed by atoms with Gasteiger partial charge in [-0.05, 0) is 12.9 Å². The summed E-state index contributed by atoms with van der Waals surface area (Å²) in [6.07, 6.45) is 0. The van der Waals surface area contributed by atoms with Crippen LogP contribution in [0.1, 0.15) is 0 Å². The molecule has 4 N–H and O–H groups in total. The van der Waals surface area contributed by atoms with Gasteiger partial charge in [0.05, 0.1) is 0 Å². The second kappa shape index (κ2) is 7.91. The molecule has 0 aliphatic rings. The summed E-state index contributed by atoms with van der Waals surface area (Å²) >= 11 is 0. The van der Waals surface area contributed by atoms with Gasteiger partial charge in [-0.3, -0.25) is 0 Å².